The van der Waals surface area contributed by atoms with Crippen molar-refractivity contribution in [2.45, 2.75) is 33.6 Å². The van der Waals surface area contributed by atoms with E-state index < -0.39 is 0 Å². The third kappa shape index (κ3) is 8.09. The second-order valence-corrected chi connectivity index (χ2v) is 3.74. The first kappa shape index (κ1) is 10.1. The number of hydrogen-bond acceptors (Lipinski definition) is 1. The molecule has 0 bridgehead atoms. The van der Waals surface area contributed by atoms with Gasteiger partial charge in [0.15, 0.2) is 0 Å². The molecule has 59 valence electrons. The smallest absolute Gasteiger partial charge is 0.0135 e. The Morgan fingerprint density at radius 1 is 1.40 bits per heavy atom. The second kappa shape index (κ2) is 7.20. The van der Waals surface area contributed by atoms with Gasteiger partial charge >= 0.3 is 0 Å². The highest BCUT2D eigenvalue weighted by Gasteiger charge is 1.84. The summed E-state index contributed by atoms with van der Waals surface area (Å²) in [6.07, 6.45) is 4.85. The zero-order chi connectivity index (χ0) is 7.82. The van der Waals surface area contributed by atoms with Crippen molar-refractivity contribution in [2.24, 2.45) is 0 Å². The van der Waals surface area contributed by atoms with Crippen LogP contribution in [0, 0.1) is 5.75 Å². The molecule has 0 atom stereocenters. The van der Waals surface area contributed by atoms with Gasteiger partial charge in [0, 0.05) is 5.75 Å². The minimum atomic E-state index is 1.24. The molecule has 0 aromatic heterocycles. The Morgan fingerprint density at radius 3 is 2.60 bits per heavy atom. The lowest BCUT2D eigenvalue weighted by atomic mass is 10.2. The fourth-order valence-corrected chi connectivity index (χ4v) is 1.24. The van der Waals surface area contributed by atoms with Gasteiger partial charge in [0.1, 0.15) is 0 Å². The average Bonchev–Trinajstić information content (AvgIpc) is 1.87. The molecule has 0 saturated heterocycles. The highest BCUT2D eigenvalue weighted by atomic mass is 32.2. The van der Waals surface area contributed by atoms with Crippen LogP contribution in [-0.4, -0.2) is 5.75 Å². The molecular weight excluding hydrogens is 140 g/mol. The molecule has 0 nitrogen and oxygen atoms in total. The first-order valence-electron chi connectivity index (χ1n) is 3.80. The maximum Gasteiger partial charge on any atom is 0.0135 e. The maximum atomic E-state index is 2.30. The minimum Gasteiger partial charge on any atom is -0.158 e. The van der Waals surface area contributed by atoms with Gasteiger partial charge in [-0.25, -0.2) is 0 Å². The lowest BCUT2D eigenvalue weighted by Crippen LogP contribution is -1.76. The summed E-state index contributed by atoms with van der Waals surface area (Å²) in [5.41, 5.74) is 1.44. The van der Waals surface area contributed by atoms with Gasteiger partial charge in [-0.05, 0) is 32.4 Å². The van der Waals surface area contributed by atoms with E-state index in [2.05, 4.69) is 32.6 Å². The normalized spacial score (nSPS) is 9.50. The number of thioether (sulfide) groups is 1. The van der Waals surface area contributed by atoms with Crippen molar-refractivity contribution in [1.29, 1.82) is 0 Å². The molecule has 0 aliphatic carbocycles. The van der Waals surface area contributed by atoms with Crippen molar-refractivity contribution in [1.82, 2.24) is 0 Å². The molecule has 0 fully saturated rings. The first-order chi connectivity index (χ1) is 4.77. The molecule has 10 heavy (non-hydrogen) atoms. The van der Waals surface area contributed by atoms with E-state index in [4.69, 9.17) is 0 Å². The zero-order valence-corrected chi connectivity index (χ0v) is 8.00. The lowest BCUT2D eigenvalue weighted by molar-refractivity contribution is 0.961. The molecule has 0 amide bonds. The van der Waals surface area contributed by atoms with E-state index in [1.807, 2.05) is 11.8 Å². The van der Waals surface area contributed by atoms with Crippen molar-refractivity contribution < 1.29 is 0 Å². The van der Waals surface area contributed by atoms with Gasteiger partial charge in [-0.1, -0.05) is 18.6 Å². The molecule has 0 heterocycles. The van der Waals surface area contributed by atoms with Crippen molar-refractivity contribution in [3.8, 4) is 0 Å². The number of hydrogen-bond donors (Lipinski definition) is 0. The lowest BCUT2D eigenvalue weighted by Gasteiger charge is -1.94. The SMILES string of the molecule is C[CH]SCCCC=C(C)C. The summed E-state index contributed by atoms with van der Waals surface area (Å²) in [5, 5.41) is 0. The van der Waals surface area contributed by atoms with Gasteiger partial charge in [-0.15, -0.1) is 0 Å². The van der Waals surface area contributed by atoms with Crippen LogP contribution in [-0.2, 0) is 0 Å². The summed E-state index contributed by atoms with van der Waals surface area (Å²) in [4.78, 5) is 0. The molecule has 1 heteroatoms. The standard InChI is InChI=1S/C9H17S/c1-4-10-8-6-5-7-9(2)3/h4,7H,5-6,8H2,1-3H3. The van der Waals surface area contributed by atoms with E-state index in [0.717, 1.165) is 0 Å². The number of allylic oxidation sites excluding steroid dienone is 2. The summed E-state index contributed by atoms with van der Waals surface area (Å²) in [6, 6.07) is 0. The topological polar surface area (TPSA) is 0 Å². The van der Waals surface area contributed by atoms with Crippen molar-refractivity contribution >= 4 is 11.8 Å². The van der Waals surface area contributed by atoms with E-state index in [1.165, 1.54) is 24.2 Å². The molecule has 0 spiro atoms. The molecule has 0 aliphatic heterocycles. The molecule has 0 aromatic rings. The molecule has 0 rings (SSSR count). The van der Waals surface area contributed by atoms with Crippen molar-refractivity contribution in [2.75, 3.05) is 5.75 Å². The summed E-state index contributed by atoms with van der Waals surface area (Å²) in [5.74, 6) is 3.42. The third-order valence-corrected chi connectivity index (χ3v) is 2.04. The Bertz CT molecular complexity index is 90.9. The van der Waals surface area contributed by atoms with Gasteiger partial charge in [-0.2, -0.15) is 11.8 Å². The minimum absolute atomic E-state index is 1.24. The molecule has 1 radical (unpaired) electrons. The zero-order valence-electron chi connectivity index (χ0n) is 7.18. The van der Waals surface area contributed by atoms with Crippen LogP contribution in [0.2, 0.25) is 0 Å². The molecule has 0 aliphatic rings. The maximum absolute atomic E-state index is 2.30. The number of unbranched alkanes of at least 4 members (excludes halogenated alkanes) is 1. The summed E-state index contributed by atoms with van der Waals surface area (Å²) in [6.45, 7) is 6.39. The van der Waals surface area contributed by atoms with E-state index >= 15 is 0 Å². The number of rotatable bonds is 5. The predicted octanol–water partition coefficient (Wildman–Crippen LogP) is 3.65. The first-order valence-corrected chi connectivity index (χ1v) is 4.85. The second-order valence-electron chi connectivity index (χ2n) is 2.53. The Kier molecular flexibility index (Phi) is 7.26. The highest BCUT2D eigenvalue weighted by Crippen LogP contribution is 2.08. The van der Waals surface area contributed by atoms with Crippen LogP contribution in [0.4, 0.5) is 0 Å². The molecule has 0 N–H and O–H groups in total. The Hall–Kier alpha value is 0.0900. The van der Waals surface area contributed by atoms with Crippen LogP contribution < -0.4 is 0 Å². The van der Waals surface area contributed by atoms with Crippen LogP contribution in [0.5, 0.6) is 0 Å². The van der Waals surface area contributed by atoms with Gasteiger partial charge in [0.05, 0.1) is 0 Å². The summed E-state index contributed by atoms with van der Waals surface area (Å²) < 4.78 is 0. The summed E-state index contributed by atoms with van der Waals surface area (Å²) >= 11 is 1.91. The van der Waals surface area contributed by atoms with Crippen molar-refractivity contribution in [3.05, 3.63) is 17.4 Å². The van der Waals surface area contributed by atoms with Gasteiger partial charge in [0.2, 0.25) is 0 Å². The van der Waals surface area contributed by atoms with E-state index in [1.54, 1.807) is 0 Å². The molecular formula is C9H17S. The Labute approximate surface area is 69.1 Å². The quantitative estimate of drug-likeness (QED) is 0.433. The monoisotopic (exact) mass is 157 g/mol. The summed E-state index contributed by atoms with van der Waals surface area (Å²) in [7, 11) is 0. The molecule has 0 unspecified atom stereocenters. The highest BCUT2D eigenvalue weighted by molar-refractivity contribution is 8.01. The van der Waals surface area contributed by atoms with Crippen LogP contribution >= 0.6 is 11.8 Å². The van der Waals surface area contributed by atoms with E-state index in [-0.39, 0.29) is 0 Å². The van der Waals surface area contributed by atoms with E-state index in [0.29, 0.717) is 0 Å². The predicted molar refractivity (Wildman–Crippen MR) is 51.1 cm³/mol. The molecule has 0 saturated carbocycles. The van der Waals surface area contributed by atoms with Gasteiger partial charge < -0.3 is 0 Å². The Balaban J connectivity index is 2.98. The third-order valence-electron chi connectivity index (χ3n) is 1.19. The van der Waals surface area contributed by atoms with Crippen LogP contribution in [0.3, 0.4) is 0 Å². The fourth-order valence-electron chi connectivity index (χ4n) is 0.675. The average molecular weight is 157 g/mol. The molecule has 0 aromatic carbocycles. The largest absolute Gasteiger partial charge is 0.158 e. The van der Waals surface area contributed by atoms with Crippen molar-refractivity contribution in [3.63, 3.8) is 0 Å². The fraction of sp³-hybridized carbons (Fsp3) is 0.667. The van der Waals surface area contributed by atoms with Crippen LogP contribution in [0.1, 0.15) is 33.6 Å². The van der Waals surface area contributed by atoms with Crippen LogP contribution in [0.25, 0.3) is 0 Å². The van der Waals surface area contributed by atoms with Gasteiger partial charge in [0.25, 0.3) is 0 Å². The van der Waals surface area contributed by atoms with Crippen LogP contribution in [0.15, 0.2) is 11.6 Å². The Morgan fingerprint density at radius 2 is 2.10 bits per heavy atom. The van der Waals surface area contributed by atoms with Gasteiger partial charge in [-0.3, -0.25) is 0 Å². The van der Waals surface area contributed by atoms with E-state index in [9.17, 15) is 0 Å².